The maximum absolute atomic E-state index is 12.3. The molecule has 0 radical (unpaired) electrons. The van der Waals surface area contributed by atoms with Crippen molar-refractivity contribution in [1.82, 2.24) is 24.0 Å². The standard InChI is InChI=1S/C16H18ClN5O3/c1-20-14-13(15(24)21(2)16(20)25)22(9-19-14)8-12(23)7-18-11-5-3-10(17)4-6-11/h3-5,9,11,18H,6-8H2,1-2H3. The van der Waals surface area contributed by atoms with Crippen LogP contribution in [0.3, 0.4) is 0 Å². The third kappa shape index (κ3) is 3.35. The molecule has 0 saturated heterocycles. The zero-order chi connectivity index (χ0) is 18.1. The molecule has 1 N–H and O–H groups in total. The van der Waals surface area contributed by atoms with Gasteiger partial charge in [-0.3, -0.25) is 18.7 Å². The monoisotopic (exact) mass is 363 g/mol. The van der Waals surface area contributed by atoms with Gasteiger partial charge in [-0.2, -0.15) is 0 Å². The van der Waals surface area contributed by atoms with E-state index >= 15 is 0 Å². The van der Waals surface area contributed by atoms with Crippen LogP contribution >= 0.6 is 11.6 Å². The molecule has 1 unspecified atom stereocenters. The zero-order valence-corrected chi connectivity index (χ0v) is 14.7. The highest BCUT2D eigenvalue weighted by Gasteiger charge is 2.16. The highest BCUT2D eigenvalue weighted by molar-refractivity contribution is 6.31. The number of aromatic nitrogens is 4. The van der Waals surface area contributed by atoms with E-state index in [4.69, 9.17) is 11.6 Å². The third-order valence-electron chi connectivity index (χ3n) is 4.18. The van der Waals surface area contributed by atoms with Crippen molar-refractivity contribution < 1.29 is 4.79 Å². The summed E-state index contributed by atoms with van der Waals surface area (Å²) in [4.78, 5) is 40.6. The molecule has 0 fully saturated rings. The maximum atomic E-state index is 12.3. The average Bonchev–Trinajstić information content (AvgIpc) is 3.01. The molecule has 0 bridgehead atoms. The summed E-state index contributed by atoms with van der Waals surface area (Å²) in [5.74, 6) is -0.0933. The lowest BCUT2D eigenvalue weighted by Gasteiger charge is -2.15. The Kier molecular flexibility index (Phi) is 4.73. The number of hydrogen-bond donors (Lipinski definition) is 1. The quantitative estimate of drug-likeness (QED) is 0.810. The number of Topliss-reactive ketones (excluding diaryl/α,β-unsaturated/α-hetero) is 1. The van der Waals surface area contributed by atoms with Crippen molar-refractivity contribution in [3.63, 3.8) is 0 Å². The van der Waals surface area contributed by atoms with Crippen molar-refractivity contribution in [3.05, 3.63) is 50.4 Å². The van der Waals surface area contributed by atoms with Crippen LogP contribution in [0.4, 0.5) is 0 Å². The van der Waals surface area contributed by atoms with E-state index in [1.54, 1.807) is 13.1 Å². The Hall–Kier alpha value is -2.45. The van der Waals surface area contributed by atoms with E-state index in [1.807, 2.05) is 12.2 Å². The molecule has 0 aliphatic heterocycles. The first kappa shape index (κ1) is 17.4. The second-order valence-electron chi connectivity index (χ2n) is 5.96. The smallest absolute Gasteiger partial charge is 0.317 e. The lowest BCUT2D eigenvalue weighted by Crippen LogP contribution is -2.38. The summed E-state index contributed by atoms with van der Waals surface area (Å²) in [5.41, 5.74) is -0.410. The minimum absolute atomic E-state index is 0.00394. The van der Waals surface area contributed by atoms with Gasteiger partial charge >= 0.3 is 5.69 Å². The second-order valence-corrected chi connectivity index (χ2v) is 6.40. The topological polar surface area (TPSA) is 90.9 Å². The van der Waals surface area contributed by atoms with Gasteiger partial charge in [-0.15, -0.1) is 0 Å². The molecule has 2 aromatic heterocycles. The van der Waals surface area contributed by atoms with E-state index in [0.29, 0.717) is 5.03 Å². The van der Waals surface area contributed by atoms with Gasteiger partial charge in [0.25, 0.3) is 5.56 Å². The number of hydrogen-bond acceptors (Lipinski definition) is 5. The molecule has 1 atom stereocenters. The highest BCUT2D eigenvalue weighted by Crippen LogP contribution is 2.13. The molecular formula is C16H18ClN5O3. The van der Waals surface area contributed by atoms with E-state index in [0.717, 1.165) is 11.0 Å². The van der Waals surface area contributed by atoms with Crippen molar-refractivity contribution in [2.75, 3.05) is 6.54 Å². The molecule has 3 rings (SSSR count). The first-order chi connectivity index (χ1) is 11.9. The summed E-state index contributed by atoms with van der Waals surface area (Å²) in [7, 11) is 2.94. The second kappa shape index (κ2) is 6.81. The van der Waals surface area contributed by atoms with E-state index in [9.17, 15) is 14.4 Å². The number of allylic oxidation sites excluding steroid dienone is 2. The summed E-state index contributed by atoms with van der Waals surface area (Å²) in [6.07, 6.45) is 7.72. The molecular weight excluding hydrogens is 346 g/mol. The molecule has 1 aliphatic rings. The van der Waals surface area contributed by atoms with Crippen molar-refractivity contribution in [2.45, 2.75) is 19.0 Å². The van der Waals surface area contributed by atoms with Gasteiger partial charge in [0.2, 0.25) is 0 Å². The Labute approximate surface area is 148 Å². The van der Waals surface area contributed by atoms with Crippen molar-refractivity contribution in [1.29, 1.82) is 0 Å². The number of rotatable bonds is 5. The Morgan fingerprint density at radius 2 is 2.12 bits per heavy atom. The molecule has 2 aromatic rings. The number of carbonyl (C=O) groups excluding carboxylic acids is 1. The number of aryl methyl sites for hydroxylation is 1. The predicted octanol–water partition coefficient (Wildman–Crippen LogP) is 0.0436. The van der Waals surface area contributed by atoms with E-state index in [2.05, 4.69) is 10.3 Å². The van der Waals surface area contributed by atoms with Crippen LogP contribution in [-0.2, 0) is 25.4 Å². The largest absolute Gasteiger partial charge is 0.332 e. The number of fused-ring (bicyclic) bond motifs is 1. The summed E-state index contributed by atoms with van der Waals surface area (Å²) in [5, 5.41) is 3.83. The molecule has 2 heterocycles. The van der Waals surface area contributed by atoms with Gasteiger partial charge in [-0.1, -0.05) is 23.8 Å². The van der Waals surface area contributed by atoms with Crippen LogP contribution in [-0.4, -0.2) is 37.1 Å². The summed E-state index contributed by atoms with van der Waals surface area (Å²) in [6.45, 7) is 0.163. The Bertz CT molecular complexity index is 1010. The van der Waals surface area contributed by atoms with E-state index in [-0.39, 0.29) is 36.1 Å². The number of imidazole rings is 1. The minimum Gasteiger partial charge on any atom is -0.317 e. The number of nitrogens with one attached hydrogen (secondary N) is 1. The van der Waals surface area contributed by atoms with Crippen LogP contribution in [0.25, 0.3) is 11.2 Å². The van der Waals surface area contributed by atoms with Crippen LogP contribution in [0.15, 0.2) is 39.2 Å². The number of carbonyl (C=O) groups is 1. The molecule has 0 amide bonds. The fourth-order valence-corrected chi connectivity index (χ4v) is 2.92. The van der Waals surface area contributed by atoms with Gasteiger partial charge in [-0.25, -0.2) is 9.78 Å². The SMILES string of the molecule is Cn1c(=O)c2c(ncn2CC(=O)CNC2C=CC(Cl)=CC2)n(C)c1=O. The van der Waals surface area contributed by atoms with Gasteiger partial charge < -0.3 is 9.88 Å². The molecule has 9 heteroatoms. The third-order valence-corrected chi connectivity index (χ3v) is 4.46. The zero-order valence-electron chi connectivity index (χ0n) is 13.9. The van der Waals surface area contributed by atoms with Crippen LogP contribution in [0.2, 0.25) is 0 Å². The number of nitrogens with zero attached hydrogens (tertiary/aromatic N) is 4. The van der Waals surface area contributed by atoms with Gasteiger partial charge in [0.15, 0.2) is 16.9 Å². The Morgan fingerprint density at radius 1 is 1.36 bits per heavy atom. The van der Waals surface area contributed by atoms with Crippen LogP contribution in [0.5, 0.6) is 0 Å². The molecule has 0 spiro atoms. The predicted molar refractivity (Wildman–Crippen MR) is 94.7 cm³/mol. The normalized spacial score (nSPS) is 17.1. The summed E-state index contributed by atoms with van der Waals surface area (Å²) >= 11 is 5.86. The first-order valence-electron chi connectivity index (χ1n) is 7.78. The lowest BCUT2D eigenvalue weighted by molar-refractivity contribution is -0.118. The Morgan fingerprint density at radius 3 is 2.80 bits per heavy atom. The first-order valence-corrected chi connectivity index (χ1v) is 8.16. The number of ketones is 1. The van der Waals surface area contributed by atoms with Gasteiger partial charge in [0.1, 0.15) is 0 Å². The van der Waals surface area contributed by atoms with Gasteiger partial charge in [-0.05, 0) is 12.5 Å². The molecule has 1 aliphatic carbocycles. The van der Waals surface area contributed by atoms with Gasteiger partial charge in [0.05, 0.1) is 19.4 Å². The van der Waals surface area contributed by atoms with E-state index < -0.39 is 11.2 Å². The Balaban J connectivity index is 1.75. The van der Waals surface area contributed by atoms with Crippen LogP contribution in [0.1, 0.15) is 6.42 Å². The lowest BCUT2D eigenvalue weighted by atomic mass is 10.1. The molecule has 25 heavy (non-hydrogen) atoms. The van der Waals surface area contributed by atoms with Crippen molar-refractivity contribution in [2.24, 2.45) is 14.1 Å². The fourth-order valence-electron chi connectivity index (χ4n) is 2.75. The minimum atomic E-state index is -0.466. The molecule has 132 valence electrons. The fraction of sp³-hybridized carbons (Fsp3) is 0.375. The summed E-state index contributed by atoms with van der Waals surface area (Å²) in [6, 6.07) is 0.0553. The number of halogens is 1. The summed E-state index contributed by atoms with van der Waals surface area (Å²) < 4.78 is 3.78. The average molecular weight is 364 g/mol. The molecule has 0 aromatic carbocycles. The highest BCUT2D eigenvalue weighted by atomic mass is 35.5. The van der Waals surface area contributed by atoms with Gasteiger partial charge in [0, 0.05) is 25.2 Å². The van der Waals surface area contributed by atoms with E-state index in [1.165, 1.54) is 22.5 Å². The maximum Gasteiger partial charge on any atom is 0.332 e. The molecule has 0 saturated carbocycles. The van der Waals surface area contributed by atoms with Crippen LogP contribution < -0.4 is 16.6 Å². The van der Waals surface area contributed by atoms with Crippen molar-refractivity contribution in [3.8, 4) is 0 Å². The van der Waals surface area contributed by atoms with Crippen LogP contribution in [0, 0.1) is 0 Å². The molecule has 8 nitrogen and oxygen atoms in total. The van der Waals surface area contributed by atoms with Crippen molar-refractivity contribution >= 4 is 28.5 Å².